The molecule has 0 saturated carbocycles. The first kappa shape index (κ1) is 20.5. The van der Waals surface area contributed by atoms with Crippen LogP contribution >= 0.6 is 11.6 Å². The van der Waals surface area contributed by atoms with E-state index in [1.807, 2.05) is 12.4 Å². The number of fused-ring (bicyclic) bond motifs is 1. The van der Waals surface area contributed by atoms with Crippen molar-refractivity contribution in [3.8, 4) is 5.69 Å². The minimum absolute atomic E-state index is 0.0147. The fraction of sp³-hybridized carbons (Fsp3) is 0.261. The normalized spacial score (nSPS) is 20.4. The van der Waals surface area contributed by atoms with Crippen LogP contribution in [-0.4, -0.2) is 48.9 Å². The van der Waals surface area contributed by atoms with Gasteiger partial charge in [-0.3, -0.25) is 4.79 Å². The largest absolute Gasteiger partial charge is 0.336 e. The van der Waals surface area contributed by atoms with Gasteiger partial charge in [-0.25, -0.2) is 19.0 Å². The second kappa shape index (κ2) is 7.94. The number of likely N-dealkylation sites (tertiary alicyclic amines) is 1. The predicted octanol–water partition coefficient (Wildman–Crippen LogP) is 4.12. The number of nitrogens with zero attached hydrogens (tertiary/aromatic N) is 6. The van der Waals surface area contributed by atoms with E-state index in [1.165, 1.54) is 34.9 Å². The standard InChI is InChI=1S/C23H20ClFN6O/c1-23-8-3-4-16(15-10-26-14-27-11-15)17(23)7-9-30(13-23)22(32)19-12-31(29-28-19)20-6-2-5-18(24)21(20)25/h2-6,10-12,14H,7-9,13H2,1H3. The van der Waals surface area contributed by atoms with Gasteiger partial charge in [0.25, 0.3) is 5.91 Å². The number of carbonyl (C=O) groups excluding carboxylic acids is 1. The number of amides is 1. The Kier molecular flexibility index (Phi) is 5.09. The molecule has 1 saturated heterocycles. The SMILES string of the molecule is CC12CC=CC(c3cncnc3)=C1CCN(C(=O)c1cn(-c3cccc(Cl)c3F)nn1)C2. The summed E-state index contributed by atoms with van der Waals surface area (Å²) < 4.78 is 15.6. The Morgan fingerprint density at radius 3 is 2.88 bits per heavy atom. The van der Waals surface area contributed by atoms with Crippen LogP contribution in [0.15, 0.2) is 60.8 Å². The lowest BCUT2D eigenvalue weighted by Gasteiger charge is -2.44. The van der Waals surface area contributed by atoms with E-state index >= 15 is 0 Å². The number of piperidine rings is 1. The summed E-state index contributed by atoms with van der Waals surface area (Å²) >= 11 is 5.86. The first-order valence-electron chi connectivity index (χ1n) is 10.3. The van der Waals surface area contributed by atoms with Crippen molar-refractivity contribution in [1.29, 1.82) is 0 Å². The quantitative estimate of drug-likeness (QED) is 0.600. The third-order valence-electron chi connectivity index (χ3n) is 6.13. The van der Waals surface area contributed by atoms with Crippen LogP contribution in [0, 0.1) is 11.2 Å². The number of aromatic nitrogens is 5. The van der Waals surface area contributed by atoms with Crippen molar-refractivity contribution in [2.75, 3.05) is 13.1 Å². The van der Waals surface area contributed by atoms with Crippen LogP contribution in [0.1, 0.15) is 35.8 Å². The highest BCUT2D eigenvalue weighted by Crippen LogP contribution is 2.45. The van der Waals surface area contributed by atoms with E-state index in [4.69, 9.17) is 11.6 Å². The number of halogens is 2. The van der Waals surface area contributed by atoms with Crippen molar-refractivity contribution >= 4 is 23.1 Å². The Hall–Kier alpha value is -3.39. The number of benzene rings is 1. The topological polar surface area (TPSA) is 76.8 Å². The Morgan fingerprint density at radius 1 is 1.25 bits per heavy atom. The van der Waals surface area contributed by atoms with E-state index in [1.54, 1.807) is 11.0 Å². The molecular weight excluding hydrogens is 431 g/mol. The van der Waals surface area contributed by atoms with Gasteiger partial charge in [-0.15, -0.1) is 5.10 Å². The number of hydrogen-bond donors (Lipinski definition) is 0. The van der Waals surface area contributed by atoms with Crippen LogP contribution in [0.3, 0.4) is 0 Å². The highest BCUT2D eigenvalue weighted by Gasteiger charge is 2.40. The van der Waals surface area contributed by atoms with Gasteiger partial charge in [-0.1, -0.05) is 47.5 Å². The smallest absolute Gasteiger partial charge is 0.276 e. The minimum Gasteiger partial charge on any atom is -0.336 e. The zero-order valence-electron chi connectivity index (χ0n) is 17.4. The fourth-order valence-electron chi connectivity index (χ4n) is 4.52. The maximum absolute atomic E-state index is 14.3. The predicted molar refractivity (Wildman–Crippen MR) is 118 cm³/mol. The molecule has 9 heteroatoms. The van der Waals surface area contributed by atoms with Gasteiger partial charge in [0.2, 0.25) is 0 Å². The number of carbonyl (C=O) groups is 1. The summed E-state index contributed by atoms with van der Waals surface area (Å²) in [5.74, 6) is -0.831. The summed E-state index contributed by atoms with van der Waals surface area (Å²) in [6.45, 7) is 3.29. The molecule has 1 unspecified atom stereocenters. The van der Waals surface area contributed by atoms with Crippen LogP contribution in [0.5, 0.6) is 0 Å². The molecule has 2 aliphatic rings. The van der Waals surface area contributed by atoms with Gasteiger partial charge in [0.1, 0.15) is 12.0 Å². The van der Waals surface area contributed by atoms with Crippen LogP contribution < -0.4 is 0 Å². The van der Waals surface area contributed by atoms with E-state index in [-0.39, 0.29) is 27.7 Å². The average Bonchev–Trinajstić information content (AvgIpc) is 3.29. The maximum Gasteiger partial charge on any atom is 0.276 e. The van der Waals surface area contributed by atoms with Crippen molar-refractivity contribution in [2.24, 2.45) is 5.41 Å². The lowest BCUT2D eigenvalue weighted by atomic mass is 9.69. The number of hydrogen-bond acceptors (Lipinski definition) is 5. The molecule has 1 aliphatic carbocycles. The molecule has 1 atom stereocenters. The molecule has 1 fully saturated rings. The van der Waals surface area contributed by atoms with E-state index in [2.05, 4.69) is 39.4 Å². The van der Waals surface area contributed by atoms with Gasteiger partial charge < -0.3 is 4.90 Å². The van der Waals surface area contributed by atoms with Crippen molar-refractivity contribution in [2.45, 2.75) is 19.8 Å². The second-order valence-electron chi connectivity index (χ2n) is 8.28. The van der Waals surface area contributed by atoms with Crippen LogP contribution in [0.25, 0.3) is 11.3 Å². The molecule has 1 aromatic carbocycles. The van der Waals surface area contributed by atoms with Crippen LogP contribution in [0.4, 0.5) is 4.39 Å². The summed E-state index contributed by atoms with van der Waals surface area (Å²) in [4.78, 5) is 23.3. The molecule has 5 rings (SSSR count). The Labute approximate surface area is 189 Å². The van der Waals surface area contributed by atoms with E-state index in [9.17, 15) is 9.18 Å². The summed E-state index contributed by atoms with van der Waals surface area (Å²) in [5.41, 5.74) is 3.55. The summed E-state index contributed by atoms with van der Waals surface area (Å²) in [6.07, 6.45) is 12.4. The molecule has 162 valence electrons. The molecular formula is C23H20ClFN6O. The molecule has 0 spiro atoms. The van der Waals surface area contributed by atoms with Gasteiger partial charge >= 0.3 is 0 Å². The van der Waals surface area contributed by atoms with Gasteiger partial charge in [0.15, 0.2) is 11.5 Å². The molecule has 0 N–H and O–H groups in total. The van der Waals surface area contributed by atoms with E-state index in [0.717, 1.165) is 24.0 Å². The van der Waals surface area contributed by atoms with Crippen LogP contribution in [0.2, 0.25) is 5.02 Å². The number of rotatable bonds is 3. The van der Waals surface area contributed by atoms with Crippen molar-refractivity contribution in [3.63, 3.8) is 0 Å². The van der Waals surface area contributed by atoms with Crippen molar-refractivity contribution in [3.05, 3.63) is 82.9 Å². The molecule has 0 radical (unpaired) electrons. The summed E-state index contributed by atoms with van der Waals surface area (Å²) in [5, 5.41) is 7.92. The van der Waals surface area contributed by atoms with Gasteiger partial charge in [0.05, 0.1) is 11.2 Å². The van der Waals surface area contributed by atoms with Gasteiger partial charge in [0, 0.05) is 36.5 Å². The van der Waals surface area contributed by atoms with Gasteiger partial charge in [-0.05, 0) is 30.5 Å². The summed E-state index contributed by atoms with van der Waals surface area (Å²) in [6, 6.07) is 4.61. The second-order valence-corrected chi connectivity index (χ2v) is 8.69. The molecule has 7 nitrogen and oxygen atoms in total. The van der Waals surface area contributed by atoms with Crippen molar-refractivity contribution in [1.82, 2.24) is 29.9 Å². The summed E-state index contributed by atoms with van der Waals surface area (Å²) in [7, 11) is 0. The lowest BCUT2D eigenvalue weighted by Crippen LogP contribution is -2.47. The number of allylic oxidation sites excluding steroid dienone is 3. The van der Waals surface area contributed by atoms with E-state index < -0.39 is 5.82 Å². The Bertz CT molecular complexity index is 1250. The van der Waals surface area contributed by atoms with E-state index in [0.29, 0.717) is 13.1 Å². The third kappa shape index (κ3) is 3.50. The highest BCUT2D eigenvalue weighted by atomic mass is 35.5. The third-order valence-corrected chi connectivity index (χ3v) is 6.42. The molecule has 1 aliphatic heterocycles. The molecule has 32 heavy (non-hydrogen) atoms. The molecule has 3 heterocycles. The average molecular weight is 451 g/mol. The lowest BCUT2D eigenvalue weighted by molar-refractivity contribution is 0.0643. The zero-order chi connectivity index (χ0) is 22.3. The van der Waals surface area contributed by atoms with Gasteiger partial charge in [-0.2, -0.15) is 0 Å². The Balaban J connectivity index is 1.40. The molecule has 2 aromatic heterocycles. The molecule has 1 amide bonds. The highest BCUT2D eigenvalue weighted by molar-refractivity contribution is 6.30. The van der Waals surface area contributed by atoms with Crippen molar-refractivity contribution < 1.29 is 9.18 Å². The monoisotopic (exact) mass is 450 g/mol. The first-order chi connectivity index (χ1) is 15.5. The zero-order valence-corrected chi connectivity index (χ0v) is 18.1. The molecule has 3 aromatic rings. The fourth-order valence-corrected chi connectivity index (χ4v) is 4.69. The minimum atomic E-state index is -0.607. The Morgan fingerprint density at radius 2 is 2.06 bits per heavy atom. The maximum atomic E-state index is 14.3. The molecule has 0 bridgehead atoms. The first-order valence-corrected chi connectivity index (χ1v) is 10.7. The van der Waals surface area contributed by atoms with Crippen LogP contribution in [-0.2, 0) is 0 Å².